The maximum Gasteiger partial charge on any atom is 0.166 e. The smallest absolute Gasteiger partial charge is 0.166 e. The number of morpholine rings is 1. The van der Waals surface area contributed by atoms with Gasteiger partial charge >= 0.3 is 0 Å². The van der Waals surface area contributed by atoms with Crippen LogP contribution in [0.5, 0.6) is 0 Å². The largest absolute Gasteiger partial charge is 0.379 e. The van der Waals surface area contributed by atoms with Gasteiger partial charge in [0.25, 0.3) is 0 Å². The van der Waals surface area contributed by atoms with Crippen molar-refractivity contribution in [2.75, 3.05) is 26.3 Å². The Balaban J connectivity index is 1.63. The molecular weight excluding hydrogens is 342 g/mol. The van der Waals surface area contributed by atoms with Crippen molar-refractivity contribution in [2.24, 2.45) is 0 Å². The highest BCUT2D eigenvalue weighted by molar-refractivity contribution is 7.80. The fourth-order valence-electron chi connectivity index (χ4n) is 3.44. The SMILES string of the molecule is CC(NC(=S)NCc1ccccc1)C(c1ccccc1)N1CCOCC1. The molecule has 4 nitrogen and oxygen atoms in total. The van der Waals surface area contributed by atoms with E-state index in [1.165, 1.54) is 11.1 Å². The fraction of sp³-hybridized carbons (Fsp3) is 0.381. The number of hydrogen-bond acceptors (Lipinski definition) is 3. The second-order valence-corrected chi connectivity index (χ2v) is 7.01. The van der Waals surface area contributed by atoms with E-state index in [1.54, 1.807) is 0 Å². The molecule has 2 aromatic carbocycles. The molecule has 0 amide bonds. The molecule has 0 spiro atoms. The molecule has 1 heterocycles. The summed E-state index contributed by atoms with van der Waals surface area (Å²) in [6, 6.07) is 21.4. The molecule has 138 valence electrons. The number of thiocarbonyl (C=S) groups is 1. The van der Waals surface area contributed by atoms with E-state index in [9.17, 15) is 0 Å². The van der Waals surface area contributed by atoms with Gasteiger partial charge in [-0.25, -0.2) is 0 Å². The second-order valence-electron chi connectivity index (χ2n) is 6.61. The van der Waals surface area contributed by atoms with E-state index in [0.717, 1.165) is 32.8 Å². The third-order valence-corrected chi connectivity index (χ3v) is 4.97. The monoisotopic (exact) mass is 369 g/mol. The minimum atomic E-state index is 0.186. The standard InChI is InChI=1S/C21H27N3OS/c1-17(23-21(26)22-16-18-8-4-2-5-9-18)20(19-10-6-3-7-11-19)24-12-14-25-15-13-24/h2-11,17,20H,12-16H2,1H3,(H2,22,23,26). The van der Waals surface area contributed by atoms with Gasteiger partial charge in [-0.3, -0.25) is 4.90 Å². The van der Waals surface area contributed by atoms with Crippen LogP contribution in [0.15, 0.2) is 60.7 Å². The van der Waals surface area contributed by atoms with Crippen molar-refractivity contribution in [1.29, 1.82) is 0 Å². The van der Waals surface area contributed by atoms with Crippen LogP contribution in [0, 0.1) is 0 Å². The number of ether oxygens (including phenoxy) is 1. The van der Waals surface area contributed by atoms with Crippen molar-refractivity contribution in [2.45, 2.75) is 25.6 Å². The Hall–Kier alpha value is -1.95. The minimum absolute atomic E-state index is 0.186. The van der Waals surface area contributed by atoms with E-state index in [0.29, 0.717) is 5.11 Å². The highest BCUT2D eigenvalue weighted by atomic mass is 32.1. The van der Waals surface area contributed by atoms with Gasteiger partial charge in [-0.2, -0.15) is 0 Å². The van der Waals surface area contributed by atoms with E-state index in [-0.39, 0.29) is 12.1 Å². The third-order valence-electron chi connectivity index (χ3n) is 4.71. The minimum Gasteiger partial charge on any atom is -0.379 e. The van der Waals surface area contributed by atoms with Gasteiger partial charge in [0.05, 0.1) is 19.3 Å². The summed E-state index contributed by atoms with van der Waals surface area (Å²) >= 11 is 5.53. The molecular formula is C21H27N3OS. The average Bonchev–Trinajstić information content (AvgIpc) is 2.69. The molecule has 2 N–H and O–H groups in total. The molecule has 2 atom stereocenters. The molecule has 0 radical (unpaired) electrons. The van der Waals surface area contributed by atoms with Crippen molar-refractivity contribution in [3.8, 4) is 0 Å². The summed E-state index contributed by atoms with van der Waals surface area (Å²) in [4.78, 5) is 2.48. The molecule has 1 aliphatic heterocycles. The lowest BCUT2D eigenvalue weighted by Crippen LogP contribution is -2.50. The molecule has 0 bridgehead atoms. The van der Waals surface area contributed by atoms with Crippen LogP contribution in [-0.4, -0.2) is 42.4 Å². The van der Waals surface area contributed by atoms with Crippen molar-refractivity contribution >= 4 is 17.3 Å². The Kier molecular flexibility index (Phi) is 7.00. The van der Waals surface area contributed by atoms with Crippen LogP contribution in [0.25, 0.3) is 0 Å². The Morgan fingerprint density at radius 1 is 1.04 bits per heavy atom. The molecule has 1 aliphatic rings. The van der Waals surface area contributed by atoms with Crippen molar-refractivity contribution in [3.63, 3.8) is 0 Å². The van der Waals surface area contributed by atoms with E-state index in [2.05, 4.69) is 64.9 Å². The molecule has 2 aromatic rings. The van der Waals surface area contributed by atoms with Crippen LogP contribution < -0.4 is 10.6 Å². The van der Waals surface area contributed by atoms with Gasteiger partial charge < -0.3 is 15.4 Å². The fourth-order valence-corrected chi connectivity index (χ4v) is 3.69. The molecule has 26 heavy (non-hydrogen) atoms. The van der Waals surface area contributed by atoms with E-state index >= 15 is 0 Å². The van der Waals surface area contributed by atoms with Gasteiger partial charge in [0.1, 0.15) is 0 Å². The van der Waals surface area contributed by atoms with Crippen LogP contribution in [-0.2, 0) is 11.3 Å². The normalized spacial score (nSPS) is 17.3. The highest BCUT2D eigenvalue weighted by Crippen LogP contribution is 2.25. The van der Waals surface area contributed by atoms with Gasteiger partial charge in [0.15, 0.2) is 5.11 Å². The van der Waals surface area contributed by atoms with Crippen LogP contribution in [0.4, 0.5) is 0 Å². The lowest BCUT2D eigenvalue weighted by Gasteiger charge is -2.38. The molecule has 1 saturated heterocycles. The summed E-state index contributed by atoms with van der Waals surface area (Å²) in [5, 5.41) is 7.49. The maximum atomic E-state index is 5.53. The molecule has 0 aromatic heterocycles. The van der Waals surface area contributed by atoms with E-state index < -0.39 is 0 Å². The van der Waals surface area contributed by atoms with E-state index in [1.807, 2.05) is 18.2 Å². The predicted molar refractivity (Wildman–Crippen MR) is 110 cm³/mol. The predicted octanol–water partition coefficient (Wildman–Crippen LogP) is 3.11. The van der Waals surface area contributed by atoms with E-state index in [4.69, 9.17) is 17.0 Å². The van der Waals surface area contributed by atoms with Crippen LogP contribution in [0.1, 0.15) is 24.1 Å². The van der Waals surface area contributed by atoms with Crippen molar-refractivity contribution in [1.82, 2.24) is 15.5 Å². The lowest BCUT2D eigenvalue weighted by atomic mass is 9.98. The van der Waals surface area contributed by atoms with Crippen LogP contribution in [0.3, 0.4) is 0 Å². The molecule has 2 unspecified atom stereocenters. The molecule has 5 heteroatoms. The molecule has 3 rings (SSSR count). The molecule has 1 fully saturated rings. The Bertz CT molecular complexity index is 674. The van der Waals surface area contributed by atoms with Gasteiger partial charge in [0.2, 0.25) is 0 Å². The second kappa shape index (κ2) is 9.67. The first-order chi connectivity index (χ1) is 12.7. The van der Waals surface area contributed by atoms with Crippen LogP contribution >= 0.6 is 12.2 Å². The Labute approximate surface area is 161 Å². The number of nitrogens with one attached hydrogen (secondary N) is 2. The Morgan fingerprint density at radius 3 is 2.31 bits per heavy atom. The zero-order valence-corrected chi connectivity index (χ0v) is 16.0. The summed E-state index contributed by atoms with van der Waals surface area (Å²) in [6.07, 6.45) is 0. The molecule has 0 saturated carbocycles. The number of rotatable bonds is 6. The molecule has 0 aliphatic carbocycles. The summed E-state index contributed by atoms with van der Waals surface area (Å²) in [5.41, 5.74) is 2.53. The third kappa shape index (κ3) is 5.27. The number of benzene rings is 2. The van der Waals surface area contributed by atoms with Crippen molar-refractivity contribution in [3.05, 3.63) is 71.8 Å². The summed E-state index contributed by atoms with van der Waals surface area (Å²) < 4.78 is 5.53. The quantitative estimate of drug-likeness (QED) is 0.765. The average molecular weight is 370 g/mol. The number of nitrogens with zero attached hydrogens (tertiary/aromatic N) is 1. The van der Waals surface area contributed by atoms with Gasteiger partial charge in [-0.05, 0) is 30.3 Å². The summed E-state index contributed by atoms with van der Waals surface area (Å²) in [6.45, 7) is 6.38. The zero-order valence-electron chi connectivity index (χ0n) is 15.2. The topological polar surface area (TPSA) is 36.5 Å². The first-order valence-electron chi connectivity index (χ1n) is 9.19. The van der Waals surface area contributed by atoms with Crippen LogP contribution in [0.2, 0.25) is 0 Å². The first-order valence-corrected chi connectivity index (χ1v) is 9.60. The maximum absolute atomic E-state index is 5.53. The Morgan fingerprint density at radius 2 is 1.65 bits per heavy atom. The van der Waals surface area contributed by atoms with Gasteiger partial charge in [-0.15, -0.1) is 0 Å². The van der Waals surface area contributed by atoms with Gasteiger partial charge in [-0.1, -0.05) is 60.7 Å². The zero-order chi connectivity index (χ0) is 18.2. The first kappa shape index (κ1) is 18.8. The summed E-state index contributed by atoms with van der Waals surface area (Å²) in [7, 11) is 0. The van der Waals surface area contributed by atoms with Gasteiger partial charge in [0, 0.05) is 25.7 Å². The van der Waals surface area contributed by atoms with Crippen molar-refractivity contribution < 1.29 is 4.74 Å². The summed E-state index contributed by atoms with van der Waals surface area (Å²) in [5.74, 6) is 0. The number of hydrogen-bond donors (Lipinski definition) is 2. The highest BCUT2D eigenvalue weighted by Gasteiger charge is 2.27. The lowest BCUT2D eigenvalue weighted by molar-refractivity contribution is 0.0102.